The second-order valence-electron chi connectivity index (χ2n) is 6.33. The summed E-state index contributed by atoms with van der Waals surface area (Å²) in [4.78, 5) is 13.8. The molecule has 3 rings (SSSR count). The highest BCUT2D eigenvalue weighted by Crippen LogP contribution is 2.30. The summed E-state index contributed by atoms with van der Waals surface area (Å²) in [6.07, 6.45) is 2.09. The molecule has 2 aromatic carbocycles. The van der Waals surface area contributed by atoms with Crippen LogP contribution in [0, 0.1) is 5.82 Å². The molecule has 1 aliphatic rings. The molecule has 1 heterocycles. The number of anilines is 2. The first-order valence-electron chi connectivity index (χ1n) is 8.56. The van der Waals surface area contributed by atoms with Gasteiger partial charge < -0.3 is 4.90 Å². The van der Waals surface area contributed by atoms with Crippen molar-refractivity contribution in [3.8, 4) is 0 Å². The second kappa shape index (κ2) is 7.45. The Morgan fingerprint density at radius 2 is 1.92 bits per heavy atom. The summed E-state index contributed by atoms with van der Waals surface area (Å²) in [6.45, 7) is 2.52. The van der Waals surface area contributed by atoms with Gasteiger partial charge >= 0.3 is 0 Å². The van der Waals surface area contributed by atoms with Crippen LogP contribution in [0.15, 0.2) is 42.5 Å². The van der Waals surface area contributed by atoms with E-state index in [1.54, 1.807) is 23.1 Å². The van der Waals surface area contributed by atoms with Crippen molar-refractivity contribution in [1.29, 1.82) is 0 Å². The van der Waals surface area contributed by atoms with Crippen molar-refractivity contribution in [1.82, 2.24) is 0 Å². The third kappa shape index (κ3) is 4.22. The first-order chi connectivity index (χ1) is 12.4. The fraction of sp³-hybridized carbons (Fsp3) is 0.316. The van der Waals surface area contributed by atoms with Gasteiger partial charge in [0.2, 0.25) is 15.9 Å². The van der Waals surface area contributed by atoms with Gasteiger partial charge in [0.1, 0.15) is 5.82 Å². The van der Waals surface area contributed by atoms with Gasteiger partial charge in [-0.05, 0) is 54.3 Å². The van der Waals surface area contributed by atoms with Crippen molar-refractivity contribution < 1.29 is 17.6 Å². The fourth-order valence-corrected chi connectivity index (χ4v) is 4.32. The predicted molar refractivity (Wildman–Crippen MR) is 100 cm³/mol. The number of carbonyl (C=O) groups is 1. The van der Waals surface area contributed by atoms with E-state index in [0.29, 0.717) is 24.2 Å². The molecule has 26 heavy (non-hydrogen) atoms. The molecule has 0 atom stereocenters. The monoisotopic (exact) mass is 376 g/mol. The number of amides is 1. The third-order valence-electron chi connectivity index (χ3n) is 4.34. The number of nitrogens with one attached hydrogen (secondary N) is 1. The highest BCUT2D eigenvalue weighted by atomic mass is 32.2. The zero-order valence-electron chi connectivity index (χ0n) is 14.5. The van der Waals surface area contributed by atoms with Crippen molar-refractivity contribution in [3.63, 3.8) is 0 Å². The maximum Gasteiger partial charge on any atom is 0.236 e. The van der Waals surface area contributed by atoms with Gasteiger partial charge in [0.15, 0.2) is 0 Å². The van der Waals surface area contributed by atoms with Crippen LogP contribution in [0.3, 0.4) is 0 Å². The molecule has 0 saturated heterocycles. The van der Waals surface area contributed by atoms with Crippen LogP contribution < -0.4 is 9.62 Å². The van der Waals surface area contributed by atoms with Gasteiger partial charge in [-0.25, -0.2) is 12.8 Å². The Balaban J connectivity index is 1.78. The number of benzene rings is 2. The molecule has 5 nitrogen and oxygen atoms in total. The van der Waals surface area contributed by atoms with E-state index in [9.17, 15) is 17.6 Å². The predicted octanol–water partition coefficient (Wildman–Crippen LogP) is 3.46. The van der Waals surface area contributed by atoms with Crippen molar-refractivity contribution in [2.75, 3.05) is 16.2 Å². The number of halogens is 1. The summed E-state index contributed by atoms with van der Waals surface area (Å²) in [6, 6.07) is 10.6. The Kier molecular flexibility index (Phi) is 5.27. The molecule has 1 aliphatic heterocycles. The summed E-state index contributed by atoms with van der Waals surface area (Å²) in [5.41, 5.74) is 2.79. The fourth-order valence-electron chi connectivity index (χ4n) is 3.13. The number of sulfonamides is 1. The maximum absolute atomic E-state index is 12.9. The molecular weight excluding hydrogens is 355 g/mol. The SMILES string of the molecule is CCC(=O)N1CCCc2cc(NS(=O)(=O)Cc3ccc(F)cc3)ccc21. The average molecular weight is 376 g/mol. The van der Waals surface area contributed by atoms with E-state index >= 15 is 0 Å². The molecule has 0 aliphatic carbocycles. The van der Waals surface area contributed by atoms with E-state index in [4.69, 9.17) is 0 Å². The van der Waals surface area contributed by atoms with E-state index in [0.717, 1.165) is 24.1 Å². The molecule has 0 saturated carbocycles. The first-order valence-corrected chi connectivity index (χ1v) is 10.2. The van der Waals surface area contributed by atoms with Crippen molar-refractivity contribution in [2.24, 2.45) is 0 Å². The summed E-state index contributed by atoms with van der Waals surface area (Å²) >= 11 is 0. The van der Waals surface area contributed by atoms with Gasteiger partial charge in [0.25, 0.3) is 0 Å². The minimum absolute atomic E-state index is 0.0654. The van der Waals surface area contributed by atoms with Crippen LogP contribution in [0.25, 0.3) is 0 Å². The van der Waals surface area contributed by atoms with Gasteiger partial charge in [-0.1, -0.05) is 19.1 Å². The summed E-state index contributed by atoms with van der Waals surface area (Å²) in [7, 11) is -3.61. The molecule has 0 fully saturated rings. The van der Waals surface area contributed by atoms with Crippen molar-refractivity contribution in [3.05, 3.63) is 59.4 Å². The number of hydrogen-bond donors (Lipinski definition) is 1. The molecule has 1 amide bonds. The maximum atomic E-state index is 12.9. The molecule has 2 aromatic rings. The third-order valence-corrected chi connectivity index (χ3v) is 5.61. The van der Waals surface area contributed by atoms with E-state index in [-0.39, 0.29) is 11.7 Å². The van der Waals surface area contributed by atoms with E-state index in [1.165, 1.54) is 24.3 Å². The van der Waals surface area contributed by atoms with Gasteiger partial charge in [-0.3, -0.25) is 9.52 Å². The zero-order chi connectivity index (χ0) is 18.7. The molecule has 0 bridgehead atoms. The van der Waals surface area contributed by atoms with Crippen LogP contribution in [0.5, 0.6) is 0 Å². The number of fused-ring (bicyclic) bond motifs is 1. The largest absolute Gasteiger partial charge is 0.312 e. The normalized spacial score (nSPS) is 14.0. The lowest BCUT2D eigenvalue weighted by molar-refractivity contribution is -0.118. The second-order valence-corrected chi connectivity index (χ2v) is 8.06. The molecule has 0 unspecified atom stereocenters. The van der Waals surface area contributed by atoms with E-state index in [2.05, 4.69) is 4.72 Å². The van der Waals surface area contributed by atoms with Crippen LogP contribution in [0.1, 0.15) is 30.9 Å². The lowest BCUT2D eigenvalue weighted by atomic mass is 10.0. The number of nitrogens with zero attached hydrogens (tertiary/aromatic N) is 1. The Hall–Kier alpha value is -2.41. The van der Waals surface area contributed by atoms with Crippen LogP contribution in [0.2, 0.25) is 0 Å². The minimum Gasteiger partial charge on any atom is -0.312 e. The standard InChI is InChI=1S/C19H21FN2O3S/c1-2-19(23)22-11-3-4-15-12-17(9-10-18(15)22)21-26(24,25)13-14-5-7-16(20)8-6-14/h5-10,12,21H,2-4,11,13H2,1H3. The molecule has 0 spiro atoms. The lowest BCUT2D eigenvalue weighted by Gasteiger charge is -2.29. The quantitative estimate of drug-likeness (QED) is 0.869. The highest BCUT2D eigenvalue weighted by molar-refractivity contribution is 7.91. The van der Waals surface area contributed by atoms with Crippen LogP contribution >= 0.6 is 0 Å². The smallest absolute Gasteiger partial charge is 0.236 e. The van der Waals surface area contributed by atoms with Gasteiger partial charge in [0, 0.05) is 24.3 Å². The Morgan fingerprint density at radius 1 is 1.19 bits per heavy atom. The minimum atomic E-state index is -3.61. The summed E-state index contributed by atoms with van der Waals surface area (Å²) in [5.74, 6) is -0.569. The van der Waals surface area contributed by atoms with Crippen molar-refractivity contribution >= 4 is 27.3 Å². The number of hydrogen-bond acceptors (Lipinski definition) is 3. The van der Waals surface area contributed by atoms with Crippen LogP contribution in [-0.4, -0.2) is 20.9 Å². The molecule has 0 radical (unpaired) electrons. The Bertz CT molecular complexity index is 911. The molecule has 1 N–H and O–H groups in total. The molecule has 7 heteroatoms. The van der Waals surface area contributed by atoms with Gasteiger partial charge in [-0.15, -0.1) is 0 Å². The van der Waals surface area contributed by atoms with Crippen molar-refractivity contribution in [2.45, 2.75) is 31.9 Å². The zero-order valence-corrected chi connectivity index (χ0v) is 15.4. The molecule has 0 aromatic heterocycles. The molecular formula is C19H21FN2O3S. The Morgan fingerprint density at radius 3 is 2.62 bits per heavy atom. The number of rotatable bonds is 5. The highest BCUT2D eigenvalue weighted by Gasteiger charge is 2.22. The number of carbonyl (C=O) groups excluding carboxylic acids is 1. The first kappa shape index (κ1) is 18.4. The Labute approximate surface area is 152 Å². The van der Waals surface area contributed by atoms with Crippen LogP contribution in [-0.2, 0) is 27.0 Å². The topological polar surface area (TPSA) is 66.5 Å². The lowest BCUT2D eigenvalue weighted by Crippen LogP contribution is -2.34. The van der Waals surface area contributed by atoms with E-state index in [1.807, 2.05) is 6.92 Å². The van der Waals surface area contributed by atoms with Gasteiger partial charge in [-0.2, -0.15) is 0 Å². The number of aryl methyl sites for hydroxylation is 1. The summed E-state index contributed by atoms with van der Waals surface area (Å²) < 4.78 is 40.3. The van der Waals surface area contributed by atoms with Gasteiger partial charge in [0.05, 0.1) is 5.75 Å². The van der Waals surface area contributed by atoms with E-state index < -0.39 is 15.8 Å². The average Bonchev–Trinajstić information content (AvgIpc) is 2.61. The van der Waals surface area contributed by atoms with Crippen LogP contribution in [0.4, 0.5) is 15.8 Å². The summed E-state index contributed by atoms with van der Waals surface area (Å²) in [5, 5.41) is 0. The molecule has 138 valence electrons.